The quantitative estimate of drug-likeness (QED) is 0.278. The summed E-state index contributed by atoms with van der Waals surface area (Å²) in [7, 11) is 0. The number of carbonyl (C=O) groups excluding carboxylic acids is 1. The largest absolute Gasteiger partial charge is 0.326 e. The Morgan fingerprint density at radius 2 is 1.94 bits per heavy atom. The van der Waals surface area contributed by atoms with Crippen molar-refractivity contribution >= 4 is 40.9 Å². The molecule has 0 aliphatic heterocycles. The van der Waals surface area contributed by atoms with Gasteiger partial charge in [0, 0.05) is 40.0 Å². The Labute approximate surface area is 198 Å². The molecule has 0 radical (unpaired) electrons. The fourth-order valence-corrected chi connectivity index (χ4v) is 4.00. The lowest BCUT2D eigenvalue weighted by Crippen LogP contribution is -2.36. The monoisotopic (exact) mass is 469 g/mol. The van der Waals surface area contributed by atoms with Crippen LogP contribution in [0.15, 0.2) is 58.4 Å². The maximum atomic E-state index is 12.8. The van der Waals surface area contributed by atoms with E-state index in [0.29, 0.717) is 23.1 Å². The summed E-state index contributed by atoms with van der Waals surface area (Å²) in [6.45, 7) is 7.54. The van der Waals surface area contributed by atoms with Gasteiger partial charge < -0.3 is 5.32 Å². The van der Waals surface area contributed by atoms with Crippen LogP contribution < -0.4 is 10.6 Å². The molecule has 3 rings (SSSR count). The van der Waals surface area contributed by atoms with Crippen LogP contribution in [-0.4, -0.2) is 34.4 Å². The molecule has 0 bridgehead atoms. The van der Waals surface area contributed by atoms with Gasteiger partial charge in [0.05, 0.1) is 5.69 Å². The fraction of sp³-hybridized carbons (Fsp3) is 0.292. The van der Waals surface area contributed by atoms with Crippen LogP contribution in [0.3, 0.4) is 0 Å². The van der Waals surface area contributed by atoms with E-state index in [4.69, 9.17) is 11.6 Å². The molecule has 2 aromatic carbocycles. The number of hydrogen-bond donors (Lipinski definition) is 2. The van der Waals surface area contributed by atoms with Gasteiger partial charge in [0.2, 0.25) is 5.96 Å². The molecule has 0 saturated heterocycles. The maximum Gasteiger partial charge on any atom is 0.257 e. The molecule has 0 atom stereocenters. The smallest absolute Gasteiger partial charge is 0.257 e. The minimum Gasteiger partial charge on any atom is -0.326 e. The highest BCUT2D eigenvalue weighted by atomic mass is 35.5. The van der Waals surface area contributed by atoms with Gasteiger partial charge in [-0.1, -0.05) is 17.7 Å². The SMILES string of the molecule is CCn1nc(C)c(CCN=C(NC(=O)c2ccc(Cl)cc2)Nc2cccc(SC)c2)c1C. The van der Waals surface area contributed by atoms with Crippen LogP contribution in [0.5, 0.6) is 0 Å². The van der Waals surface area contributed by atoms with Crippen LogP contribution in [0.4, 0.5) is 5.69 Å². The zero-order valence-electron chi connectivity index (χ0n) is 18.8. The number of amides is 1. The van der Waals surface area contributed by atoms with E-state index < -0.39 is 0 Å². The molecule has 0 unspecified atom stereocenters. The fourth-order valence-electron chi connectivity index (χ4n) is 3.41. The Morgan fingerprint density at radius 3 is 2.59 bits per heavy atom. The van der Waals surface area contributed by atoms with E-state index >= 15 is 0 Å². The first kappa shape index (κ1) is 23.9. The Morgan fingerprint density at radius 1 is 1.19 bits per heavy atom. The van der Waals surface area contributed by atoms with Gasteiger partial charge in [-0.3, -0.25) is 19.8 Å². The van der Waals surface area contributed by atoms with Crippen molar-refractivity contribution in [3.63, 3.8) is 0 Å². The number of anilines is 1. The second-order valence-electron chi connectivity index (χ2n) is 7.26. The molecule has 0 saturated carbocycles. The van der Waals surface area contributed by atoms with Crippen LogP contribution in [0, 0.1) is 13.8 Å². The molecule has 1 aromatic heterocycles. The number of benzene rings is 2. The number of aliphatic imine (C=N–C) groups is 1. The van der Waals surface area contributed by atoms with Crippen LogP contribution in [-0.2, 0) is 13.0 Å². The zero-order valence-corrected chi connectivity index (χ0v) is 20.3. The molecular weight excluding hydrogens is 442 g/mol. The molecule has 168 valence electrons. The van der Waals surface area contributed by atoms with Crippen molar-refractivity contribution in [2.24, 2.45) is 4.99 Å². The number of rotatable bonds is 7. The van der Waals surface area contributed by atoms with E-state index in [0.717, 1.165) is 34.9 Å². The molecule has 0 aliphatic carbocycles. The molecule has 0 fully saturated rings. The maximum absolute atomic E-state index is 12.8. The van der Waals surface area contributed by atoms with E-state index in [-0.39, 0.29) is 5.91 Å². The summed E-state index contributed by atoms with van der Waals surface area (Å²) < 4.78 is 2.00. The molecule has 8 heteroatoms. The number of nitrogens with one attached hydrogen (secondary N) is 2. The van der Waals surface area contributed by atoms with Gasteiger partial charge in [-0.2, -0.15) is 5.10 Å². The van der Waals surface area contributed by atoms with E-state index in [1.54, 1.807) is 36.0 Å². The van der Waals surface area contributed by atoms with Crippen molar-refractivity contribution in [3.05, 3.63) is 76.1 Å². The average Bonchev–Trinajstić information content (AvgIpc) is 3.07. The third-order valence-electron chi connectivity index (χ3n) is 5.13. The lowest BCUT2D eigenvalue weighted by Gasteiger charge is -2.13. The van der Waals surface area contributed by atoms with Crippen molar-refractivity contribution < 1.29 is 4.79 Å². The summed E-state index contributed by atoms with van der Waals surface area (Å²) in [4.78, 5) is 18.6. The lowest BCUT2D eigenvalue weighted by molar-refractivity contribution is 0.0977. The van der Waals surface area contributed by atoms with Gasteiger partial charge in [0.25, 0.3) is 5.91 Å². The third kappa shape index (κ3) is 6.14. The van der Waals surface area contributed by atoms with Gasteiger partial charge in [0.15, 0.2) is 0 Å². The van der Waals surface area contributed by atoms with Gasteiger partial charge >= 0.3 is 0 Å². The second kappa shape index (κ2) is 11.2. The van der Waals surface area contributed by atoms with Gasteiger partial charge in [-0.15, -0.1) is 11.8 Å². The molecule has 32 heavy (non-hydrogen) atoms. The molecule has 0 spiro atoms. The molecule has 3 aromatic rings. The number of aromatic nitrogens is 2. The molecule has 1 heterocycles. The topological polar surface area (TPSA) is 71.3 Å². The van der Waals surface area contributed by atoms with E-state index in [1.165, 1.54) is 5.56 Å². The Balaban J connectivity index is 1.79. The number of guanidine groups is 1. The first-order valence-corrected chi connectivity index (χ1v) is 12.1. The van der Waals surface area contributed by atoms with E-state index in [1.807, 2.05) is 42.1 Å². The number of halogens is 1. The summed E-state index contributed by atoms with van der Waals surface area (Å²) >= 11 is 7.60. The summed E-state index contributed by atoms with van der Waals surface area (Å²) in [5.41, 5.74) is 4.75. The van der Waals surface area contributed by atoms with Gasteiger partial charge in [-0.25, -0.2) is 0 Å². The summed E-state index contributed by atoms with van der Waals surface area (Å²) in [6, 6.07) is 14.7. The van der Waals surface area contributed by atoms with E-state index in [9.17, 15) is 4.79 Å². The summed E-state index contributed by atoms with van der Waals surface area (Å²) in [5.74, 6) is 0.154. The Kier molecular flexibility index (Phi) is 8.36. The van der Waals surface area contributed by atoms with Crippen LogP contribution in [0.25, 0.3) is 0 Å². The Hall–Kier alpha value is -2.77. The van der Waals surface area contributed by atoms with Gasteiger partial charge in [-0.05, 0) is 81.5 Å². The Bertz CT molecular complexity index is 1110. The zero-order chi connectivity index (χ0) is 23.1. The minimum absolute atomic E-state index is 0.250. The van der Waals surface area contributed by atoms with Crippen molar-refractivity contribution in [1.82, 2.24) is 15.1 Å². The number of hydrogen-bond acceptors (Lipinski definition) is 4. The van der Waals surface area contributed by atoms with Crippen molar-refractivity contribution in [3.8, 4) is 0 Å². The number of nitrogens with zero attached hydrogens (tertiary/aromatic N) is 3. The molecule has 2 N–H and O–H groups in total. The molecular formula is C24H28ClN5OS. The van der Waals surface area contributed by atoms with Crippen molar-refractivity contribution in [2.75, 3.05) is 18.1 Å². The summed E-state index contributed by atoms with van der Waals surface area (Å²) in [5, 5.41) is 11.3. The highest BCUT2D eigenvalue weighted by Crippen LogP contribution is 2.19. The predicted molar refractivity (Wildman–Crippen MR) is 134 cm³/mol. The highest BCUT2D eigenvalue weighted by Gasteiger charge is 2.12. The highest BCUT2D eigenvalue weighted by molar-refractivity contribution is 7.98. The lowest BCUT2D eigenvalue weighted by atomic mass is 10.1. The standard InChI is InChI=1S/C24H28ClN5OS/c1-5-30-17(3)22(16(2)29-30)13-14-26-24(27-20-7-6-8-21(15-20)32-4)28-23(31)18-9-11-19(25)12-10-18/h6-12,15H,5,13-14H2,1-4H3,(H2,26,27,28,31). The average molecular weight is 470 g/mol. The van der Waals surface area contributed by atoms with E-state index in [2.05, 4.69) is 34.6 Å². The normalized spacial score (nSPS) is 11.5. The van der Waals surface area contributed by atoms with Crippen LogP contribution in [0.2, 0.25) is 5.02 Å². The van der Waals surface area contributed by atoms with Crippen LogP contribution >= 0.6 is 23.4 Å². The van der Waals surface area contributed by atoms with Crippen molar-refractivity contribution in [1.29, 1.82) is 0 Å². The number of carbonyl (C=O) groups is 1. The first-order chi connectivity index (χ1) is 15.4. The number of thioether (sulfide) groups is 1. The minimum atomic E-state index is -0.250. The molecule has 1 amide bonds. The first-order valence-electron chi connectivity index (χ1n) is 10.5. The number of aryl methyl sites for hydroxylation is 2. The molecule has 0 aliphatic rings. The van der Waals surface area contributed by atoms with Crippen molar-refractivity contribution in [2.45, 2.75) is 38.6 Å². The molecule has 6 nitrogen and oxygen atoms in total. The van der Waals surface area contributed by atoms with Gasteiger partial charge in [0.1, 0.15) is 0 Å². The van der Waals surface area contributed by atoms with Crippen LogP contribution in [0.1, 0.15) is 34.2 Å². The third-order valence-corrected chi connectivity index (χ3v) is 6.11. The second-order valence-corrected chi connectivity index (χ2v) is 8.58. The predicted octanol–water partition coefficient (Wildman–Crippen LogP) is 5.34. The summed E-state index contributed by atoms with van der Waals surface area (Å²) in [6.07, 6.45) is 2.77.